The lowest BCUT2D eigenvalue weighted by atomic mass is 10.2. The van der Waals surface area contributed by atoms with Crippen molar-refractivity contribution in [2.75, 3.05) is 0 Å². The molecule has 14 heavy (non-hydrogen) atoms. The van der Waals surface area contributed by atoms with Gasteiger partial charge in [-0.15, -0.1) is 10.2 Å². The number of nitrogens with zero attached hydrogens (tertiary/aromatic N) is 4. The van der Waals surface area contributed by atoms with E-state index in [1.807, 2.05) is 19.1 Å². The molecule has 0 aliphatic rings. The first-order valence-corrected chi connectivity index (χ1v) is 4.63. The van der Waals surface area contributed by atoms with Gasteiger partial charge in [0.25, 0.3) is 0 Å². The van der Waals surface area contributed by atoms with Gasteiger partial charge in [-0.05, 0) is 26.0 Å². The van der Waals surface area contributed by atoms with Crippen LogP contribution >= 0.6 is 0 Å². The molecule has 0 bridgehead atoms. The van der Waals surface area contributed by atoms with E-state index in [0.29, 0.717) is 0 Å². The normalized spacial score (nSPS) is 10.4. The molecule has 0 aromatic carbocycles. The summed E-state index contributed by atoms with van der Waals surface area (Å²) >= 11 is 0. The molecule has 0 saturated heterocycles. The van der Waals surface area contributed by atoms with E-state index in [0.717, 1.165) is 23.8 Å². The largest absolute Gasteiger partial charge is 0.312 e. The molecule has 0 N–H and O–H groups in total. The van der Waals surface area contributed by atoms with E-state index in [9.17, 15) is 0 Å². The Morgan fingerprint density at radius 3 is 2.57 bits per heavy atom. The third kappa shape index (κ3) is 1.39. The summed E-state index contributed by atoms with van der Waals surface area (Å²) in [5.74, 6) is 1.85. The van der Waals surface area contributed by atoms with Gasteiger partial charge in [0.2, 0.25) is 0 Å². The van der Waals surface area contributed by atoms with Gasteiger partial charge in [0.05, 0.1) is 0 Å². The predicted octanol–water partition coefficient (Wildman–Crippen LogP) is 1.67. The molecule has 2 heterocycles. The van der Waals surface area contributed by atoms with Crippen molar-refractivity contribution >= 4 is 0 Å². The Morgan fingerprint density at radius 1 is 1.21 bits per heavy atom. The summed E-state index contributed by atoms with van der Waals surface area (Å²) in [6.45, 7) is 4.93. The van der Waals surface area contributed by atoms with Crippen molar-refractivity contribution in [1.29, 1.82) is 0 Å². The number of hydrogen-bond donors (Lipinski definition) is 0. The average molecular weight is 188 g/mol. The summed E-state index contributed by atoms with van der Waals surface area (Å²) < 4.78 is 2.08. The Balaban J connectivity index is 2.52. The third-order valence-corrected chi connectivity index (χ3v) is 2.19. The number of hydrogen-bond acceptors (Lipinski definition) is 3. The van der Waals surface area contributed by atoms with E-state index < -0.39 is 0 Å². The highest BCUT2D eigenvalue weighted by Gasteiger charge is 2.08. The predicted molar refractivity (Wildman–Crippen MR) is 53.7 cm³/mol. The highest BCUT2D eigenvalue weighted by Crippen LogP contribution is 2.16. The maximum absolute atomic E-state index is 4.14. The van der Waals surface area contributed by atoms with Crippen LogP contribution in [0.2, 0.25) is 0 Å². The van der Waals surface area contributed by atoms with Crippen molar-refractivity contribution < 1.29 is 0 Å². The second-order valence-corrected chi connectivity index (χ2v) is 3.05. The monoisotopic (exact) mass is 188 g/mol. The molecule has 2 rings (SSSR count). The first-order valence-electron chi connectivity index (χ1n) is 4.63. The van der Waals surface area contributed by atoms with Crippen molar-refractivity contribution in [2.24, 2.45) is 0 Å². The van der Waals surface area contributed by atoms with Gasteiger partial charge in [0.1, 0.15) is 5.82 Å². The van der Waals surface area contributed by atoms with Crippen molar-refractivity contribution in [2.45, 2.75) is 20.4 Å². The molecule has 72 valence electrons. The molecule has 0 aliphatic carbocycles. The zero-order valence-corrected chi connectivity index (χ0v) is 8.31. The summed E-state index contributed by atoms with van der Waals surface area (Å²) in [5.41, 5.74) is 1.06. The van der Waals surface area contributed by atoms with E-state index >= 15 is 0 Å². The van der Waals surface area contributed by atoms with Crippen LogP contribution in [0.5, 0.6) is 0 Å². The summed E-state index contributed by atoms with van der Waals surface area (Å²) in [4.78, 5) is 3.98. The van der Waals surface area contributed by atoms with Gasteiger partial charge in [0.15, 0.2) is 5.82 Å². The van der Waals surface area contributed by atoms with E-state index in [-0.39, 0.29) is 0 Å². The molecule has 0 saturated carbocycles. The van der Waals surface area contributed by atoms with Gasteiger partial charge in [-0.1, -0.05) is 0 Å². The molecular weight excluding hydrogens is 176 g/mol. The van der Waals surface area contributed by atoms with Crippen LogP contribution in [-0.4, -0.2) is 19.7 Å². The van der Waals surface area contributed by atoms with Crippen molar-refractivity contribution in [3.8, 4) is 11.4 Å². The molecule has 0 fully saturated rings. The molecule has 0 aliphatic heterocycles. The minimum Gasteiger partial charge on any atom is -0.312 e. The van der Waals surface area contributed by atoms with Crippen LogP contribution in [0.1, 0.15) is 12.7 Å². The van der Waals surface area contributed by atoms with Crippen LogP contribution in [-0.2, 0) is 6.54 Å². The Morgan fingerprint density at radius 2 is 1.93 bits per heavy atom. The minimum absolute atomic E-state index is 0.885. The molecule has 4 heteroatoms. The third-order valence-electron chi connectivity index (χ3n) is 2.19. The molecule has 0 amide bonds. The number of aromatic nitrogens is 4. The van der Waals surface area contributed by atoms with Gasteiger partial charge in [0, 0.05) is 24.5 Å². The molecule has 0 atom stereocenters. The lowest BCUT2D eigenvalue weighted by Crippen LogP contribution is -1.99. The molecule has 0 radical (unpaired) electrons. The van der Waals surface area contributed by atoms with Gasteiger partial charge in [-0.3, -0.25) is 4.98 Å². The topological polar surface area (TPSA) is 43.6 Å². The number of pyridine rings is 1. The Kier molecular flexibility index (Phi) is 2.26. The van der Waals surface area contributed by atoms with Crippen LogP contribution in [0, 0.1) is 6.92 Å². The van der Waals surface area contributed by atoms with Crippen LogP contribution < -0.4 is 0 Å². The highest BCUT2D eigenvalue weighted by atomic mass is 15.3. The molecule has 2 aromatic rings. The van der Waals surface area contributed by atoms with E-state index in [2.05, 4.69) is 26.7 Å². The van der Waals surface area contributed by atoms with Crippen molar-refractivity contribution in [1.82, 2.24) is 19.7 Å². The quantitative estimate of drug-likeness (QED) is 0.720. The van der Waals surface area contributed by atoms with Gasteiger partial charge in [-0.2, -0.15) is 0 Å². The fourth-order valence-corrected chi connectivity index (χ4v) is 1.47. The lowest BCUT2D eigenvalue weighted by Gasteiger charge is -2.03. The maximum Gasteiger partial charge on any atom is 0.164 e. The van der Waals surface area contributed by atoms with Crippen LogP contribution in [0.4, 0.5) is 0 Å². The first-order chi connectivity index (χ1) is 6.83. The molecule has 0 spiro atoms. The van der Waals surface area contributed by atoms with Crippen molar-refractivity contribution in [3.05, 3.63) is 30.4 Å². The van der Waals surface area contributed by atoms with E-state index in [4.69, 9.17) is 0 Å². The first kappa shape index (κ1) is 8.87. The highest BCUT2D eigenvalue weighted by molar-refractivity contribution is 5.53. The SMILES string of the molecule is CCn1c(C)nnc1-c1ccncc1. The Labute approximate surface area is 82.6 Å². The molecule has 4 nitrogen and oxygen atoms in total. The van der Waals surface area contributed by atoms with E-state index in [1.54, 1.807) is 12.4 Å². The smallest absolute Gasteiger partial charge is 0.164 e. The minimum atomic E-state index is 0.885. The van der Waals surface area contributed by atoms with Crippen LogP contribution in [0.15, 0.2) is 24.5 Å². The zero-order valence-electron chi connectivity index (χ0n) is 8.31. The summed E-state index contributed by atoms with van der Waals surface area (Å²) in [6.07, 6.45) is 3.53. The van der Waals surface area contributed by atoms with Crippen molar-refractivity contribution in [3.63, 3.8) is 0 Å². The second kappa shape index (κ2) is 3.57. The maximum atomic E-state index is 4.14. The number of aryl methyl sites for hydroxylation is 1. The molecule has 2 aromatic heterocycles. The summed E-state index contributed by atoms with van der Waals surface area (Å²) in [6, 6.07) is 3.88. The van der Waals surface area contributed by atoms with Gasteiger partial charge in [-0.25, -0.2) is 0 Å². The Hall–Kier alpha value is -1.71. The van der Waals surface area contributed by atoms with Gasteiger partial charge < -0.3 is 4.57 Å². The molecular formula is C10H12N4. The summed E-state index contributed by atoms with van der Waals surface area (Å²) in [7, 11) is 0. The zero-order chi connectivity index (χ0) is 9.97. The van der Waals surface area contributed by atoms with Crippen LogP contribution in [0.25, 0.3) is 11.4 Å². The lowest BCUT2D eigenvalue weighted by molar-refractivity contribution is 0.736. The molecule has 0 unspecified atom stereocenters. The van der Waals surface area contributed by atoms with Crippen LogP contribution in [0.3, 0.4) is 0 Å². The standard InChI is InChI=1S/C10H12N4/c1-3-14-8(2)12-13-10(14)9-4-6-11-7-5-9/h4-7H,3H2,1-2H3. The second-order valence-electron chi connectivity index (χ2n) is 3.05. The fourth-order valence-electron chi connectivity index (χ4n) is 1.47. The number of rotatable bonds is 2. The Bertz CT molecular complexity index is 419. The summed E-state index contributed by atoms with van der Waals surface area (Å²) in [5, 5.41) is 8.20. The fraction of sp³-hybridized carbons (Fsp3) is 0.300. The van der Waals surface area contributed by atoms with E-state index in [1.165, 1.54) is 0 Å². The average Bonchev–Trinajstić information content (AvgIpc) is 2.61. The van der Waals surface area contributed by atoms with Gasteiger partial charge >= 0.3 is 0 Å².